The van der Waals surface area contributed by atoms with E-state index < -0.39 is 30.1 Å². The predicted molar refractivity (Wildman–Crippen MR) is 119 cm³/mol. The smallest absolute Gasteiger partial charge is 0.267 e. The Balaban J connectivity index is 1.86. The van der Waals surface area contributed by atoms with E-state index in [0.29, 0.717) is 11.1 Å². The Hall–Kier alpha value is -4.27. The number of carbonyl (C=O) groups excluding carboxylic acids is 2. The van der Waals surface area contributed by atoms with Gasteiger partial charge >= 0.3 is 6.18 Å². The number of alkyl halides is 3. The minimum atomic E-state index is -4.84. The summed E-state index contributed by atoms with van der Waals surface area (Å²) in [5, 5.41) is 7.25. The molecule has 0 saturated carbocycles. The zero-order chi connectivity index (χ0) is 23.7. The number of hydrazone groups is 2. The molecule has 168 valence electrons. The molecule has 0 bridgehead atoms. The van der Waals surface area contributed by atoms with Crippen LogP contribution in [0.3, 0.4) is 0 Å². The van der Waals surface area contributed by atoms with Gasteiger partial charge in [-0.2, -0.15) is 23.4 Å². The molecule has 0 unspecified atom stereocenters. The van der Waals surface area contributed by atoms with E-state index in [-0.39, 0.29) is 11.3 Å². The quantitative estimate of drug-likeness (QED) is 0.407. The van der Waals surface area contributed by atoms with Crippen LogP contribution in [-0.4, -0.2) is 29.4 Å². The molecule has 6 nitrogen and oxygen atoms in total. The van der Waals surface area contributed by atoms with Crippen LogP contribution in [0.1, 0.15) is 32.7 Å². The van der Waals surface area contributed by atoms with E-state index in [9.17, 15) is 22.8 Å². The highest BCUT2D eigenvalue weighted by Gasteiger charge is 2.37. The molecule has 0 heterocycles. The van der Waals surface area contributed by atoms with E-state index in [2.05, 4.69) is 15.6 Å². The van der Waals surface area contributed by atoms with Crippen molar-refractivity contribution in [2.24, 2.45) is 10.2 Å². The summed E-state index contributed by atoms with van der Waals surface area (Å²) in [6.45, 7) is 0. The molecule has 0 aromatic heterocycles. The molecule has 2 amide bonds. The maximum atomic E-state index is 13.7. The Morgan fingerprint density at radius 1 is 0.636 bits per heavy atom. The van der Waals surface area contributed by atoms with E-state index in [1.54, 1.807) is 78.9 Å². The van der Waals surface area contributed by atoms with Gasteiger partial charge in [0.05, 0.1) is 5.71 Å². The molecule has 3 rings (SSSR count). The SMILES string of the molecule is O=C(N/N=C(\C/C(=N\NC(=O)c1ccccc1)C(F)(F)F)c1ccccc1)c1ccccc1. The van der Waals surface area contributed by atoms with Crippen LogP contribution in [0.5, 0.6) is 0 Å². The Bertz CT molecular complexity index is 1150. The second-order valence-electron chi connectivity index (χ2n) is 6.77. The number of hydrogen-bond acceptors (Lipinski definition) is 4. The van der Waals surface area contributed by atoms with Crippen LogP contribution in [0.25, 0.3) is 0 Å². The van der Waals surface area contributed by atoms with Gasteiger partial charge in [0.15, 0.2) is 0 Å². The van der Waals surface area contributed by atoms with Crippen molar-refractivity contribution in [1.82, 2.24) is 10.9 Å². The number of benzene rings is 3. The Morgan fingerprint density at radius 3 is 1.45 bits per heavy atom. The van der Waals surface area contributed by atoms with Gasteiger partial charge in [-0.1, -0.05) is 66.7 Å². The molecular formula is C24H19F3N4O2. The summed E-state index contributed by atoms with van der Waals surface area (Å²) in [5.74, 6) is -1.36. The minimum absolute atomic E-state index is 0.0788. The number of rotatable bonds is 7. The molecule has 0 atom stereocenters. The van der Waals surface area contributed by atoms with Crippen LogP contribution in [-0.2, 0) is 0 Å². The highest BCUT2D eigenvalue weighted by Crippen LogP contribution is 2.21. The molecule has 0 fully saturated rings. The first-order chi connectivity index (χ1) is 15.8. The Kier molecular flexibility index (Phi) is 7.69. The van der Waals surface area contributed by atoms with Crippen LogP contribution < -0.4 is 10.9 Å². The molecular weight excluding hydrogens is 433 g/mol. The summed E-state index contributed by atoms with van der Waals surface area (Å²) < 4.78 is 41.1. The highest BCUT2D eigenvalue weighted by molar-refractivity contribution is 6.14. The first-order valence-electron chi connectivity index (χ1n) is 9.81. The normalized spacial score (nSPS) is 12.2. The maximum Gasteiger partial charge on any atom is 0.431 e. The van der Waals surface area contributed by atoms with Crippen LogP contribution in [0.2, 0.25) is 0 Å². The monoisotopic (exact) mass is 452 g/mol. The average Bonchev–Trinajstić information content (AvgIpc) is 2.84. The molecule has 3 aromatic rings. The summed E-state index contributed by atoms with van der Waals surface area (Å²) >= 11 is 0. The van der Waals surface area contributed by atoms with E-state index in [1.165, 1.54) is 12.1 Å². The Labute approximate surface area is 187 Å². The van der Waals surface area contributed by atoms with E-state index in [0.717, 1.165) is 0 Å². The first kappa shape index (κ1) is 23.4. The van der Waals surface area contributed by atoms with Crippen molar-refractivity contribution < 1.29 is 22.8 Å². The van der Waals surface area contributed by atoms with Crippen molar-refractivity contribution in [2.75, 3.05) is 0 Å². The van der Waals surface area contributed by atoms with Gasteiger partial charge in [-0.3, -0.25) is 9.59 Å². The molecule has 33 heavy (non-hydrogen) atoms. The molecule has 2 N–H and O–H groups in total. The van der Waals surface area contributed by atoms with Crippen molar-refractivity contribution in [3.05, 3.63) is 108 Å². The number of amides is 2. The van der Waals surface area contributed by atoms with Crippen molar-refractivity contribution in [1.29, 1.82) is 0 Å². The molecule has 3 aromatic carbocycles. The van der Waals surface area contributed by atoms with Gasteiger partial charge in [-0.05, 0) is 29.8 Å². The fourth-order valence-corrected chi connectivity index (χ4v) is 2.74. The van der Waals surface area contributed by atoms with E-state index in [1.807, 2.05) is 5.43 Å². The van der Waals surface area contributed by atoms with Gasteiger partial charge in [0.2, 0.25) is 0 Å². The van der Waals surface area contributed by atoms with Crippen molar-refractivity contribution in [3.8, 4) is 0 Å². The maximum absolute atomic E-state index is 13.7. The Morgan fingerprint density at radius 2 is 1.03 bits per heavy atom. The molecule has 0 aliphatic rings. The van der Waals surface area contributed by atoms with Crippen LogP contribution in [0.15, 0.2) is 101 Å². The van der Waals surface area contributed by atoms with Gasteiger partial charge in [-0.15, -0.1) is 0 Å². The van der Waals surface area contributed by atoms with Crippen LogP contribution >= 0.6 is 0 Å². The first-order valence-corrected chi connectivity index (χ1v) is 9.81. The van der Waals surface area contributed by atoms with E-state index >= 15 is 0 Å². The van der Waals surface area contributed by atoms with Crippen LogP contribution in [0, 0.1) is 0 Å². The summed E-state index contributed by atoms with van der Waals surface area (Å²) in [6.07, 6.45) is -5.62. The third-order valence-electron chi connectivity index (χ3n) is 4.43. The summed E-state index contributed by atoms with van der Waals surface area (Å²) in [4.78, 5) is 24.4. The fraction of sp³-hybridized carbons (Fsp3) is 0.0833. The lowest BCUT2D eigenvalue weighted by Crippen LogP contribution is -2.31. The average molecular weight is 452 g/mol. The lowest BCUT2D eigenvalue weighted by atomic mass is 10.0. The molecule has 0 radical (unpaired) electrons. The van der Waals surface area contributed by atoms with E-state index in [4.69, 9.17) is 0 Å². The van der Waals surface area contributed by atoms with Crippen molar-refractivity contribution in [2.45, 2.75) is 12.6 Å². The molecule has 0 aliphatic heterocycles. The molecule has 0 saturated heterocycles. The minimum Gasteiger partial charge on any atom is -0.267 e. The second kappa shape index (κ2) is 10.9. The summed E-state index contributed by atoms with van der Waals surface area (Å²) in [5.41, 5.74) is 3.69. The topological polar surface area (TPSA) is 82.9 Å². The van der Waals surface area contributed by atoms with Gasteiger partial charge in [0.1, 0.15) is 5.71 Å². The number of nitrogens with zero attached hydrogens (tertiary/aromatic N) is 2. The van der Waals surface area contributed by atoms with Crippen molar-refractivity contribution >= 4 is 23.2 Å². The zero-order valence-electron chi connectivity index (χ0n) is 17.2. The van der Waals surface area contributed by atoms with Gasteiger partial charge in [0.25, 0.3) is 11.8 Å². The molecule has 0 spiro atoms. The number of carbonyl (C=O) groups is 2. The van der Waals surface area contributed by atoms with Gasteiger partial charge in [-0.25, -0.2) is 10.9 Å². The zero-order valence-corrected chi connectivity index (χ0v) is 17.2. The fourth-order valence-electron chi connectivity index (χ4n) is 2.74. The third-order valence-corrected chi connectivity index (χ3v) is 4.43. The highest BCUT2D eigenvalue weighted by atomic mass is 19.4. The van der Waals surface area contributed by atoms with Crippen molar-refractivity contribution in [3.63, 3.8) is 0 Å². The number of nitrogens with one attached hydrogen (secondary N) is 2. The standard InChI is InChI=1S/C24H19F3N4O2/c25-24(26,27)21(29-31-23(33)19-14-8-3-9-15-19)16-20(17-10-4-1-5-11-17)28-30-22(32)18-12-6-2-7-13-18/h1-15H,16H2,(H,30,32)(H,31,33)/b28-20+,29-21+. The van der Waals surface area contributed by atoms with Crippen LogP contribution in [0.4, 0.5) is 13.2 Å². The summed E-state index contributed by atoms with van der Waals surface area (Å²) in [6, 6.07) is 24.0. The third kappa shape index (κ3) is 6.86. The summed E-state index contributed by atoms with van der Waals surface area (Å²) in [7, 11) is 0. The lowest BCUT2D eigenvalue weighted by molar-refractivity contribution is -0.0601. The molecule has 9 heteroatoms. The largest absolute Gasteiger partial charge is 0.431 e. The number of halogens is 3. The molecule has 0 aliphatic carbocycles. The second-order valence-corrected chi connectivity index (χ2v) is 6.77. The van der Waals surface area contributed by atoms with Gasteiger partial charge < -0.3 is 0 Å². The predicted octanol–water partition coefficient (Wildman–Crippen LogP) is 4.56. The number of hydrogen-bond donors (Lipinski definition) is 2. The lowest BCUT2D eigenvalue weighted by Gasteiger charge is -2.13. The van der Waals surface area contributed by atoms with Gasteiger partial charge in [0, 0.05) is 17.5 Å².